The molecule has 3 N–H and O–H groups in total. The topological polar surface area (TPSA) is 80.5 Å². The standard InChI is InChI=1S/C12H20N4O2/c1-16(2)6-8-18-7-5-14-10-3-4-15-11(9-10)12(13)17/h3-4,9H,5-8H2,1-2H3,(H2,13,17)(H,14,15). The smallest absolute Gasteiger partial charge is 0.267 e. The molecule has 0 aromatic carbocycles. The fourth-order valence-electron chi connectivity index (χ4n) is 1.29. The number of pyridine rings is 1. The van der Waals surface area contributed by atoms with Crippen LogP contribution in [0.1, 0.15) is 10.5 Å². The maximum absolute atomic E-state index is 10.9. The summed E-state index contributed by atoms with van der Waals surface area (Å²) in [5.41, 5.74) is 6.22. The van der Waals surface area contributed by atoms with Crippen molar-refractivity contribution >= 4 is 11.6 Å². The summed E-state index contributed by atoms with van der Waals surface area (Å²) in [6, 6.07) is 3.41. The summed E-state index contributed by atoms with van der Waals surface area (Å²) in [4.78, 5) is 16.9. The SMILES string of the molecule is CN(C)CCOCCNc1ccnc(C(N)=O)c1. The zero-order valence-corrected chi connectivity index (χ0v) is 10.8. The third-order valence-electron chi connectivity index (χ3n) is 2.27. The Hall–Kier alpha value is -1.66. The van der Waals surface area contributed by atoms with Gasteiger partial charge in [0, 0.05) is 25.0 Å². The number of nitrogens with two attached hydrogens (primary N) is 1. The summed E-state index contributed by atoms with van der Waals surface area (Å²) in [7, 11) is 4.01. The average Bonchev–Trinajstić information content (AvgIpc) is 2.33. The summed E-state index contributed by atoms with van der Waals surface area (Å²) in [5.74, 6) is -0.527. The van der Waals surface area contributed by atoms with Crippen LogP contribution in [0.2, 0.25) is 0 Å². The van der Waals surface area contributed by atoms with Crippen LogP contribution in [0.5, 0.6) is 0 Å². The molecule has 1 rings (SSSR count). The lowest BCUT2D eigenvalue weighted by Crippen LogP contribution is -2.20. The Bertz CT molecular complexity index is 382. The first kappa shape index (κ1) is 14.4. The molecule has 0 aliphatic heterocycles. The van der Waals surface area contributed by atoms with Gasteiger partial charge in [-0.1, -0.05) is 0 Å². The number of amides is 1. The van der Waals surface area contributed by atoms with Crippen molar-refractivity contribution in [2.24, 2.45) is 5.73 Å². The normalized spacial score (nSPS) is 10.6. The Balaban J connectivity index is 2.23. The molecule has 0 unspecified atom stereocenters. The summed E-state index contributed by atoms with van der Waals surface area (Å²) in [6.07, 6.45) is 1.55. The molecule has 18 heavy (non-hydrogen) atoms. The number of aromatic nitrogens is 1. The minimum absolute atomic E-state index is 0.258. The molecule has 1 amide bonds. The van der Waals surface area contributed by atoms with E-state index in [2.05, 4.69) is 15.2 Å². The second-order valence-electron chi connectivity index (χ2n) is 4.14. The number of primary amides is 1. The van der Waals surface area contributed by atoms with E-state index in [-0.39, 0.29) is 5.69 Å². The molecule has 0 spiro atoms. The van der Waals surface area contributed by atoms with Gasteiger partial charge in [-0.15, -0.1) is 0 Å². The first-order valence-electron chi connectivity index (χ1n) is 5.82. The molecule has 0 saturated carbocycles. The van der Waals surface area contributed by atoms with Crippen molar-refractivity contribution in [2.75, 3.05) is 45.7 Å². The first-order valence-corrected chi connectivity index (χ1v) is 5.82. The number of rotatable bonds is 8. The van der Waals surface area contributed by atoms with Gasteiger partial charge in [-0.05, 0) is 26.2 Å². The Labute approximate surface area is 107 Å². The molecule has 0 aliphatic rings. The van der Waals surface area contributed by atoms with Crippen LogP contribution in [0.4, 0.5) is 5.69 Å². The van der Waals surface area contributed by atoms with Gasteiger partial charge in [0.25, 0.3) is 5.91 Å². The highest BCUT2D eigenvalue weighted by Crippen LogP contribution is 2.06. The molecule has 0 fully saturated rings. The van der Waals surface area contributed by atoms with Crippen LogP contribution in [0.3, 0.4) is 0 Å². The van der Waals surface area contributed by atoms with E-state index in [0.29, 0.717) is 19.8 Å². The Morgan fingerprint density at radius 1 is 1.50 bits per heavy atom. The van der Waals surface area contributed by atoms with E-state index in [1.807, 2.05) is 14.1 Å². The van der Waals surface area contributed by atoms with Gasteiger partial charge in [0.1, 0.15) is 5.69 Å². The number of carbonyl (C=O) groups excluding carboxylic acids is 1. The van der Waals surface area contributed by atoms with E-state index in [1.54, 1.807) is 18.3 Å². The molecule has 1 aromatic heterocycles. The second kappa shape index (κ2) is 7.62. The van der Waals surface area contributed by atoms with Gasteiger partial charge < -0.3 is 20.7 Å². The highest BCUT2D eigenvalue weighted by Gasteiger charge is 2.02. The molecule has 0 bridgehead atoms. The van der Waals surface area contributed by atoms with Gasteiger partial charge in [-0.3, -0.25) is 9.78 Å². The maximum Gasteiger partial charge on any atom is 0.267 e. The van der Waals surface area contributed by atoms with Gasteiger partial charge in [0.05, 0.1) is 13.2 Å². The van der Waals surface area contributed by atoms with Crippen LogP contribution in [0.15, 0.2) is 18.3 Å². The molecule has 1 heterocycles. The lowest BCUT2D eigenvalue weighted by atomic mass is 10.3. The highest BCUT2D eigenvalue weighted by atomic mass is 16.5. The number of hydrogen-bond acceptors (Lipinski definition) is 5. The number of likely N-dealkylation sites (N-methyl/N-ethyl adjacent to an activating group) is 1. The Kier molecular flexibility index (Phi) is 6.10. The lowest BCUT2D eigenvalue weighted by Gasteiger charge is -2.10. The molecule has 100 valence electrons. The van der Waals surface area contributed by atoms with E-state index in [9.17, 15) is 4.79 Å². The van der Waals surface area contributed by atoms with E-state index < -0.39 is 5.91 Å². The van der Waals surface area contributed by atoms with Crippen LogP contribution in [-0.2, 0) is 4.74 Å². The van der Waals surface area contributed by atoms with Gasteiger partial charge in [0.2, 0.25) is 0 Å². The molecule has 0 atom stereocenters. The maximum atomic E-state index is 10.9. The van der Waals surface area contributed by atoms with Crippen molar-refractivity contribution in [2.45, 2.75) is 0 Å². The van der Waals surface area contributed by atoms with Crippen molar-refractivity contribution in [3.63, 3.8) is 0 Å². The largest absolute Gasteiger partial charge is 0.383 e. The predicted octanol–water partition coefficient (Wildman–Crippen LogP) is 0.171. The lowest BCUT2D eigenvalue weighted by molar-refractivity contribution is 0.0995. The monoisotopic (exact) mass is 252 g/mol. The first-order chi connectivity index (χ1) is 8.59. The number of anilines is 1. The van der Waals surface area contributed by atoms with Crippen LogP contribution in [0, 0.1) is 0 Å². The molecule has 0 radical (unpaired) electrons. The van der Waals surface area contributed by atoms with Crippen LogP contribution < -0.4 is 11.1 Å². The highest BCUT2D eigenvalue weighted by molar-refractivity contribution is 5.91. The predicted molar refractivity (Wildman–Crippen MR) is 70.6 cm³/mol. The summed E-state index contributed by atoms with van der Waals surface area (Å²) < 4.78 is 5.43. The fourth-order valence-corrected chi connectivity index (χ4v) is 1.29. The molecule has 1 aromatic rings. The molecular weight excluding hydrogens is 232 g/mol. The Morgan fingerprint density at radius 3 is 2.94 bits per heavy atom. The van der Waals surface area contributed by atoms with Crippen LogP contribution >= 0.6 is 0 Å². The van der Waals surface area contributed by atoms with Crippen molar-refractivity contribution in [1.82, 2.24) is 9.88 Å². The van der Waals surface area contributed by atoms with Crippen molar-refractivity contribution < 1.29 is 9.53 Å². The third-order valence-corrected chi connectivity index (χ3v) is 2.27. The molecule has 0 saturated heterocycles. The van der Waals surface area contributed by atoms with Gasteiger partial charge in [-0.25, -0.2) is 0 Å². The molecular formula is C12H20N4O2. The number of hydrogen-bond donors (Lipinski definition) is 2. The van der Waals surface area contributed by atoms with Gasteiger partial charge in [0.15, 0.2) is 0 Å². The van der Waals surface area contributed by atoms with E-state index in [0.717, 1.165) is 12.2 Å². The zero-order valence-electron chi connectivity index (χ0n) is 10.8. The van der Waals surface area contributed by atoms with E-state index in [1.165, 1.54) is 0 Å². The van der Waals surface area contributed by atoms with E-state index >= 15 is 0 Å². The van der Waals surface area contributed by atoms with Crippen molar-refractivity contribution in [1.29, 1.82) is 0 Å². The Morgan fingerprint density at radius 2 is 2.28 bits per heavy atom. The van der Waals surface area contributed by atoms with Crippen molar-refractivity contribution in [3.05, 3.63) is 24.0 Å². The minimum atomic E-state index is -0.527. The van der Waals surface area contributed by atoms with Crippen LogP contribution in [0.25, 0.3) is 0 Å². The minimum Gasteiger partial charge on any atom is -0.383 e. The van der Waals surface area contributed by atoms with Gasteiger partial charge >= 0.3 is 0 Å². The molecule has 0 aliphatic carbocycles. The summed E-state index contributed by atoms with van der Waals surface area (Å²) in [5, 5.41) is 3.14. The fraction of sp³-hybridized carbons (Fsp3) is 0.500. The average molecular weight is 252 g/mol. The number of carbonyl (C=O) groups is 1. The number of nitrogens with zero attached hydrogens (tertiary/aromatic N) is 2. The summed E-state index contributed by atoms with van der Waals surface area (Å²) in [6.45, 7) is 2.90. The second-order valence-corrected chi connectivity index (χ2v) is 4.14. The van der Waals surface area contributed by atoms with E-state index in [4.69, 9.17) is 10.5 Å². The number of ether oxygens (including phenoxy) is 1. The van der Waals surface area contributed by atoms with Crippen LogP contribution in [-0.4, -0.2) is 56.2 Å². The summed E-state index contributed by atoms with van der Waals surface area (Å²) >= 11 is 0. The quantitative estimate of drug-likeness (QED) is 0.645. The zero-order chi connectivity index (χ0) is 13.4. The number of nitrogens with one attached hydrogen (secondary N) is 1. The van der Waals surface area contributed by atoms with Gasteiger partial charge in [-0.2, -0.15) is 0 Å². The third kappa shape index (κ3) is 5.60. The molecule has 6 nitrogen and oxygen atoms in total. The molecule has 6 heteroatoms. The van der Waals surface area contributed by atoms with Crippen molar-refractivity contribution in [3.8, 4) is 0 Å².